The van der Waals surface area contributed by atoms with Gasteiger partial charge in [-0.25, -0.2) is 4.99 Å². The number of thioether (sulfide) groups is 1. The Morgan fingerprint density at radius 2 is 1.76 bits per heavy atom. The lowest BCUT2D eigenvalue weighted by Gasteiger charge is -2.35. The number of aliphatic imine (C=N–C) groups is 1. The van der Waals surface area contributed by atoms with Crippen molar-refractivity contribution in [3.8, 4) is 11.5 Å². The molecule has 2 aromatic carbocycles. The van der Waals surface area contributed by atoms with Gasteiger partial charge in [0.25, 0.3) is 5.91 Å². The van der Waals surface area contributed by atoms with Gasteiger partial charge in [-0.3, -0.25) is 9.69 Å². The molecule has 1 amide bonds. The number of benzene rings is 2. The van der Waals surface area contributed by atoms with E-state index in [-0.39, 0.29) is 11.9 Å². The van der Waals surface area contributed by atoms with Crippen molar-refractivity contribution in [3.05, 3.63) is 59.0 Å². The van der Waals surface area contributed by atoms with Crippen LogP contribution in [0.1, 0.15) is 52.0 Å². The molecule has 2 fully saturated rings. The average Bonchev–Trinajstić information content (AvgIpc) is 3.11. The van der Waals surface area contributed by atoms with Crippen LogP contribution >= 0.6 is 11.8 Å². The molecule has 174 valence electrons. The van der Waals surface area contributed by atoms with Crippen molar-refractivity contribution in [2.24, 2.45) is 10.9 Å². The van der Waals surface area contributed by atoms with E-state index >= 15 is 0 Å². The van der Waals surface area contributed by atoms with Crippen molar-refractivity contribution in [1.82, 2.24) is 4.90 Å². The van der Waals surface area contributed by atoms with Gasteiger partial charge in [-0.2, -0.15) is 0 Å². The third kappa shape index (κ3) is 5.44. The molecule has 4 rings (SSSR count). The highest BCUT2D eigenvalue weighted by atomic mass is 32.2. The first-order valence-corrected chi connectivity index (χ1v) is 12.7. The molecule has 0 unspecified atom stereocenters. The fourth-order valence-electron chi connectivity index (χ4n) is 4.46. The van der Waals surface area contributed by atoms with E-state index in [2.05, 4.69) is 6.92 Å². The second kappa shape index (κ2) is 10.9. The van der Waals surface area contributed by atoms with Crippen LogP contribution in [0.4, 0.5) is 5.69 Å². The minimum atomic E-state index is 0.0419. The fourth-order valence-corrected chi connectivity index (χ4v) is 5.50. The number of nitrogens with zero attached hydrogens (tertiary/aromatic N) is 2. The van der Waals surface area contributed by atoms with Gasteiger partial charge >= 0.3 is 0 Å². The molecule has 0 N–H and O–H groups in total. The van der Waals surface area contributed by atoms with Crippen LogP contribution in [-0.4, -0.2) is 35.2 Å². The topological polar surface area (TPSA) is 51.1 Å². The summed E-state index contributed by atoms with van der Waals surface area (Å²) in [5, 5.41) is 0.771. The molecule has 0 bridgehead atoms. The Kier molecular flexibility index (Phi) is 7.76. The number of amides is 1. The van der Waals surface area contributed by atoms with Crippen LogP contribution in [-0.2, 0) is 4.79 Å². The van der Waals surface area contributed by atoms with E-state index in [1.807, 2.05) is 73.4 Å². The average molecular weight is 465 g/mol. The molecule has 0 spiro atoms. The van der Waals surface area contributed by atoms with Gasteiger partial charge in [-0.15, -0.1) is 0 Å². The Hall–Kier alpha value is -2.73. The predicted molar refractivity (Wildman–Crippen MR) is 136 cm³/mol. The van der Waals surface area contributed by atoms with Crippen molar-refractivity contribution < 1.29 is 14.3 Å². The zero-order valence-electron chi connectivity index (χ0n) is 19.6. The number of ether oxygens (including phenoxy) is 2. The summed E-state index contributed by atoms with van der Waals surface area (Å²) in [5.41, 5.74) is 1.78. The van der Waals surface area contributed by atoms with Crippen molar-refractivity contribution in [1.29, 1.82) is 0 Å². The highest BCUT2D eigenvalue weighted by Crippen LogP contribution is 2.40. The van der Waals surface area contributed by atoms with Crippen molar-refractivity contribution in [2.75, 3.05) is 13.2 Å². The summed E-state index contributed by atoms with van der Waals surface area (Å²) >= 11 is 1.46. The number of carbonyl (C=O) groups is 1. The van der Waals surface area contributed by atoms with Gasteiger partial charge in [-0.1, -0.05) is 44.0 Å². The number of carbonyl (C=O) groups excluding carboxylic acids is 1. The molecule has 1 saturated heterocycles. The molecule has 1 saturated carbocycles. The summed E-state index contributed by atoms with van der Waals surface area (Å²) in [6.07, 6.45) is 6.49. The molecule has 1 heterocycles. The molecule has 1 aliphatic carbocycles. The van der Waals surface area contributed by atoms with Crippen molar-refractivity contribution in [3.63, 3.8) is 0 Å². The van der Waals surface area contributed by atoms with E-state index < -0.39 is 0 Å². The maximum Gasteiger partial charge on any atom is 0.267 e. The van der Waals surface area contributed by atoms with E-state index in [4.69, 9.17) is 14.5 Å². The summed E-state index contributed by atoms with van der Waals surface area (Å²) < 4.78 is 11.5. The Labute approximate surface area is 200 Å². The minimum Gasteiger partial charge on any atom is -0.490 e. The van der Waals surface area contributed by atoms with Gasteiger partial charge in [0.15, 0.2) is 16.7 Å². The Morgan fingerprint density at radius 3 is 2.48 bits per heavy atom. The number of amidine groups is 1. The minimum absolute atomic E-state index is 0.0419. The smallest absolute Gasteiger partial charge is 0.267 e. The van der Waals surface area contributed by atoms with E-state index in [0.29, 0.717) is 29.8 Å². The Bertz CT molecular complexity index is 1030. The van der Waals surface area contributed by atoms with Gasteiger partial charge in [0.2, 0.25) is 0 Å². The standard InChI is InChI=1S/C27H32N2O3S/c1-4-31-23-16-15-20(17-24(23)32-5-2)18-25-26(30)29(22-14-10-9-11-19(22)3)27(33-25)28-21-12-7-6-8-13-21/h6-8,12-13,15-19,22H,4-5,9-11,14H2,1-3H3/b25-18-,28-27?/t19-,22-/m0/s1. The molecule has 1 aliphatic heterocycles. The summed E-state index contributed by atoms with van der Waals surface area (Å²) in [4.78, 5) is 21.2. The summed E-state index contributed by atoms with van der Waals surface area (Å²) in [6.45, 7) is 7.28. The first-order chi connectivity index (χ1) is 16.1. The lowest BCUT2D eigenvalue weighted by Crippen LogP contribution is -2.44. The molecule has 33 heavy (non-hydrogen) atoms. The van der Waals surface area contributed by atoms with E-state index in [1.54, 1.807) is 0 Å². The largest absolute Gasteiger partial charge is 0.490 e. The number of hydrogen-bond acceptors (Lipinski definition) is 5. The van der Waals surface area contributed by atoms with Gasteiger partial charge < -0.3 is 9.47 Å². The second-order valence-corrected chi connectivity index (χ2v) is 9.43. The van der Waals surface area contributed by atoms with E-state index in [9.17, 15) is 4.79 Å². The van der Waals surface area contributed by atoms with Gasteiger partial charge in [-0.05, 0) is 80.3 Å². The highest BCUT2D eigenvalue weighted by molar-refractivity contribution is 8.18. The molecule has 6 heteroatoms. The second-order valence-electron chi connectivity index (χ2n) is 8.42. The summed E-state index contributed by atoms with van der Waals surface area (Å²) in [7, 11) is 0. The van der Waals surface area contributed by atoms with Crippen LogP contribution in [0.25, 0.3) is 6.08 Å². The third-order valence-corrected chi connectivity index (χ3v) is 7.06. The Morgan fingerprint density at radius 1 is 1.03 bits per heavy atom. The van der Waals surface area contributed by atoms with Crippen LogP contribution in [0.2, 0.25) is 0 Å². The van der Waals surface area contributed by atoms with Crippen molar-refractivity contribution in [2.45, 2.75) is 52.5 Å². The van der Waals surface area contributed by atoms with Gasteiger partial charge in [0, 0.05) is 6.04 Å². The van der Waals surface area contributed by atoms with E-state index in [1.165, 1.54) is 18.2 Å². The summed E-state index contributed by atoms with van der Waals surface area (Å²) in [5.74, 6) is 1.91. The molecule has 0 aromatic heterocycles. The Balaban J connectivity index is 1.69. The first kappa shape index (κ1) is 23.4. The molecule has 2 aliphatic rings. The molecular formula is C27H32N2O3S. The molecule has 5 nitrogen and oxygen atoms in total. The quantitative estimate of drug-likeness (QED) is 0.430. The number of rotatable bonds is 7. The SMILES string of the molecule is CCOc1ccc(/C=C2\SC(=Nc3ccccc3)N([C@H]3CCCC[C@@H]3C)C2=O)cc1OCC. The van der Waals surface area contributed by atoms with Crippen LogP contribution in [0.15, 0.2) is 58.4 Å². The van der Waals surface area contributed by atoms with E-state index in [0.717, 1.165) is 41.4 Å². The van der Waals surface area contributed by atoms with Gasteiger partial charge in [0.1, 0.15) is 0 Å². The summed E-state index contributed by atoms with van der Waals surface area (Å²) in [6, 6.07) is 15.9. The third-order valence-electron chi connectivity index (χ3n) is 6.08. The lowest BCUT2D eigenvalue weighted by atomic mass is 9.85. The maximum absolute atomic E-state index is 13.6. The molecular weight excluding hydrogens is 432 g/mol. The van der Waals surface area contributed by atoms with Gasteiger partial charge in [0.05, 0.1) is 23.8 Å². The normalized spacial score (nSPS) is 23.4. The zero-order valence-corrected chi connectivity index (χ0v) is 20.4. The van der Waals surface area contributed by atoms with Crippen LogP contribution in [0.3, 0.4) is 0 Å². The van der Waals surface area contributed by atoms with Crippen LogP contribution in [0.5, 0.6) is 11.5 Å². The monoisotopic (exact) mass is 464 g/mol. The molecule has 0 radical (unpaired) electrons. The lowest BCUT2D eigenvalue weighted by molar-refractivity contribution is -0.124. The molecule has 2 aromatic rings. The fraction of sp³-hybridized carbons (Fsp3) is 0.407. The predicted octanol–water partition coefficient (Wildman–Crippen LogP) is 6.67. The van der Waals surface area contributed by atoms with Crippen molar-refractivity contribution >= 4 is 34.6 Å². The highest BCUT2D eigenvalue weighted by Gasteiger charge is 2.41. The number of para-hydroxylation sites is 1. The van der Waals surface area contributed by atoms with Crippen LogP contribution in [0, 0.1) is 5.92 Å². The zero-order chi connectivity index (χ0) is 23.2. The first-order valence-electron chi connectivity index (χ1n) is 11.9. The maximum atomic E-state index is 13.6. The number of hydrogen-bond donors (Lipinski definition) is 0. The molecule has 2 atom stereocenters. The van der Waals surface area contributed by atoms with Crippen LogP contribution < -0.4 is 9.47 Å².